The van der Waals surface area contributed by atoms with E-state index in [4.69, 9.17) is 4.74 Å². The molecule has 2 aromatic rings. The van der Waals surface area contributed by atoms with E-state index in [-0.39, 0.29) is 11.7 Å². The van der Waals surface area contributed by atoms with Crippen molar-refractivity contribution in [3.63, 3.8) is 0 Å². The predicted octanol–water partition coefficient (Wildman–Crippen LogP) is 3.42. The lowest BCUT2D eigenvalue weighted by molar-refractivity contribution is 0.102. The van der Waals surface area contributed by atoms with Crippen molar-refractivity contribution in [2.24, 2.45) is 0 Å². The third-order valence-corrected chi connectivity index (χ3v) is 3.21. The zero-order valence-corrected chi connectivity index (χ0v) is 11.8. The molecule has 0 spiro atoms. The smallest absolute Gasteiger partial charge is 0.255 e. The van der Waals surface area contributed by atoms with Crippen molar-refractivity contribution >= 4 is 27.5 Å². The van der Waals surface area contributed by atoms with E-state index < -0.39 is 0 Å². The van der Waals surface area contributed by atoms with E-state index in [9.17, 15) is 9.90 Å². The van der Waals surface area contributed by atoms with Crippen molar-refractivity contribution in [2.45, 2.75) is 0 Å². The molecule has 0 unspecified atom stereocenters. The predicted molar refractivity (Wildman–Crippen MR) is 76.8 cm³/mol. The maximum Gasteiger partial charge on any atom is 0.255 e. The van der Waals surface area contributed by atoms with Gasteiger partial charge in [-0.1, -0.05) is 0 Å². The monoisotopic (exact) mass is 321 g/mol. The fraction of sp³-hybridized carbons (Fsp3) is 0.0714. The average Bonchev–Trinajstić information content (AvgIpc) is 2.42. The van der Waals surface area contributed by atoms with Crippen molar-refractivity contribution in [3.05, 3.63) is 52.5 Å². The Hall–Kier alpha value is -2.01. The maximum atomic E-state index is 12.0. The SMILES string of the molecule is COc1ccc(C(=O)Nc2ccc(O)cc2Br)cc1. The minimum absolute atomic E-state index is 0.134. The van der Waals surface area contributed by atoms with Gasteiger partial charge < -0.3 is 15.2 Å². The first-order chi connectivity index (χ1) is 9.10. The average molecular weight is 322 g/mol. The molecular weight excluding hydrogens is 310 g/mol. The van der Waals surface area contributed by atoms with Crippen LogP contribution in [0, 0.1) is 0 Å². The fourth-order valence-electron chi connectivity index (χ4n) is 1.54. The molecule has 2 rings (SSSR count). The largest absolute Gasteiger partial charge is 0.508 e. The van der Waals surface area contributed by atoms with Crippen LogP contribution in [0.2, 0.25) is 0 Å². The van der Waals surface area contributed by atoms with Gasteiger partial charge in [-0.05, 0) is 58.4 Å². The van der Waals surface area contributed by atoms with Crippen LogP contribution in [0.1, 0.15) is 10.4 Å². The summed E-state index contributed by atoms with van der Waals surface area (Å²) in [5.74, 6) is 0.603. The molecule has 0 atom stereocenters. The van der Waals surface area contributed by atoms with E-state index in [1.165, 1.54) is 12.1 Å². The van der Waals surface area contributed by atoms with Crippen LogP contribution >= 0.6 is 15.9 Å². The molecule has 4 nitrogen and oxygen atoms in total. The van der Waals surface area contributed by atoms with E-state index in [1.54, 1.807) is 37.4 Å². The van der Waals surface area contributed by atoms with Crippen LogP contribution < -0.4 is 10.1 Å². The number of ether oxygens (including phenoxy) is 1. The highest BCUT2D eigenvalue weighted by Gasteiger charge is 2.08. The third-order valence-electron chi connectivity index (χ3n) is 2.55. The van der Waals surface area contributed by atoms with Gasteiger partial charge in [-0.15, -0.1) is 0 Å². The Morgan fingerprint density at radius 2 is 1.89 bits per heavy atom. The lowest BCUT2D eigenvalue weighted by Crippen LogP contribution is -2.12. The summed E-state index contributed by atoms with van der Waals surface area (Å²) < 4.78 is 5.65. The first-order valence-electron chi connectivity index (χ1n) is 5.54. The number of phenols is 1. The Morgan fingerprint density at radius 1 is 1.21 bits per heavy atom. The van der Waals surface area contributed by atoms with E-state index >= 15 is 0 Å². The van der Waals surface area contributed by atoms with Crippen LogP contribution in [0.3, 0.4) is 0 Å². The molecule has 98 valence electrons. The molecule has 0 radical (unpaired) electrons. The number of carbonyl (C=O) groups is 1. The maximum absolute atomic E-state index is 12.0. The molecule has 0 saturated carbocycles. The third kappa shape index (κ3) is 3.26. The molecule has 0 aliphatic carbocycles. The molecule has 19 heavy (non-hydrogen) atoms. The van der Waals surface area contributed by atoms with Gasteiger partial charge in [-0.2, -0.15) is 0 Å². The van der Waals surface area contributed by atoms with Gasteiger partial charge in [-0.3, -0.25) is 4.79 Å². The first-order valence-corrected chi connectivity index (χ1v) is 6.33. The van der Waals surface area contributed by atoms with Gasteiger partial charge in [0.05, 0.1) is 12.8 Å². The van der Waals surface area contributed by atoms with Crippen molar-refractivity contribution in [1.29, 1.82) is 0 Å². The van der Waals surface area contributed by atoms with Crippen molar-refractivity contribution in [1.82, 2.24) is 0 Å². The number of carbonyl (C=O) groups excluding carboxylic acids is 1. The summed E-state index contributed by atoms with van der Waals surface area (Å²) in [7, 11) is 1.57. The summed E-state index contributed by atoms with van der Waals surface area (Å²) in [5, 5.41) is 12.0. The summed E-state index contributed by atoms with van der Waals surface area (Å²) in [5.41, 5.74) is 1.12. The number of rotatable bonds is 3. The van der Waals surface area contributed by atoms with E-state index in [0.29, 0.717) is 21.5 Å². The number of hydrogen-bond acceptors (Lipinski definition) is 3. The minimum atomic E-state index is -0.228. The lowest BCUT2D eigenvalue weighted by atomic mass is 10.2. The second kappa shape index (κ2) is 5.75. The number of phenolic OH excluding ortho intramolecular Hbond substituents is 1. The Morgan fingerprint density at radius 3 is 2.47 bits per heavy atom. The number of amides is 1. The van der Waals surface area contributed by atoms with Gasteiger partial charge >= 0.3 is 0 Å². The number of methoxy groups -OCH3 is 1. The van der Waals surface area contributed by atoms with Crippen LogP contribution in [0.5, 0.6) is 11.5 Å². The highest BCUT2D eigenvalue weighted by molar-refractivity contribution is 9.10. The zero-order valence-electron chi connectivity index (χ0n) is 10.2. The highest BCUT2D eigenvalue weighted by atomic mass is 79.9. The lowest BCUT2D eigenvalue weighted by Gasteiger charge is -2.08. The van der Waals surface area contributed by atoms with Crippen molar-refractivity contribution in [2.75, 3.05) is 12.4 Å². The first kappa shape index (κ1) is 13.4. The molecule has 2 N–H and O–H groups in total. The number of nitrogens with one attached hydrogen (secondary N) is 1. The van der Waals surface area contributed by atoms with Crippen LogP contribution in [-0.2, 0) is 0 Å². The number of benzene rings is 2. The molecule has 1 amide bonds. The Bertz CT molecular complexity index is 596. The Kier molecular flexibility index (Phi) is 4.06. The standard InChI is InChI=1S/C14H12BrNO3/c1-19-11-5-2-9(3-6-11)14(18)16-13-7-4-10(17)8-12(13)15/h2-8,17H,1H3,(H,16,18). The summed E-state index contributed by atoms with van der Waals surface area (Å²) >= 11 is 3.28. The van der Waals surface area contributed by atoms with Crippen molar-refractivity contribution < 1.29 is 14.6 Å². The van der Waals surface area contributed by atoms with E-state index in [0.717, 1.165) is 0 Å². The van der Waals surface area contributed by atoms with E-state index in [1.807, 2.05) is 0 Å². The summed E-state index contributed by atoms with van der Waals surface area (Å²) in [6.45, 7) is 0. The van der Waals surface area contributed by atoms with Crippen LogP contribution in [0.25, 0.3) is 0 Å². The fourth-order valence-corrected chi connectivity index (χ4v) is 2.01. The number of hydrogen-bond donors (Lipinski definition) is 2. The highest BCUT2D eigenvalue weighted by Crippen LogP contribution is 2.27. The number of halogens is 1. The second-order valence-electron chi connectivity index (χ2n) is 3.85. The normalized spacial score (nSPS) is 10.0. The molecule has 0 bridgehead atoms. The molecule has 0 aromatic heterocycles. The Balaban J connectivity index is 2.15. The summed E-state index contributed by atoms with van der Waals surface area (Å²) in [6.07, 6.45) is 0. The van der Waals surface area contributed by atoms with E-state index in [2.05, 4.69) is 21.2 Å². The zero-order chi connectivity index (χ0) is 13.8. The molecular formula is C14H12BrNO3. The number of aromatic hydroxyl groups is 1. The Labute approximate surface area is 119 Å². The molecule has 0 aliphatic heterocycles. The minimum Gasteiger partial charge on any atom is -0.508 e. The van der Waals surface area contributed by atoms with Gasteiger partial charge in [0.1, 0.15) is 11.5 Å². The van der Waals surface area contributed by atoms with Gasteiger partial charge in [-0.25, -0.2) is 0 Å². The quantitative estimate of drug-likeness (QED) is 0.852. The van der Waals surface area contributed by atoms with Gasteiger partial charge in [0.25, 0.3) is 5.91 Å². The molecule has 5 heteroatoms. The van der Waals surface area contributed by atoms with Gasteiger partial charge in [0.15, 0.2) is 0 Å². The molecule has 2 aromatic carbocycles. The topological polar surface area (TPSA) is 58.6 Å². The molecule has 0 aliphatic rings. The van der Waals surface area contributed by atoms with Crippen LogP contribution in [0.15, 0.2) is 46.9 Å². The van der Waals surface area contributed by atoms with Crippen LogP contribution in [0.4, 0.5) is 5.69 Å². The molecule has 0 heterocycles. The summed E-state index contributed by atoms with van der Waals surface area (Å²) in [4.78, 5) is 12.0. The molecule has 0 fully saturated rings. The summed E-state index contributed by atoms with van der Waals surface area (Å²) in [6, 6.07) is 11.5. The number of anilines is 1. The van der Waals surface area contributed by atoms with Gasteiger partial charge in [0, 0.05) is 10.0 Å². The van der Waals surface area contributed by atoms with Crippen molar-refractivity contribution in [3.8, 4) is 11.5 Å². The molecule has 0 saturated heterocycles. The van der Waals surface area contributed by atoms with Crippen LogP contribution in [-0.4, -0.2) is 18.1 Å². The second-order valence-corrected chi connectivity index (χ2v) is 4.70. The van der Waals surface area contributed by atoms with Gasteiger partial charge in [0.2, 0.25) is 0 Å².